The molecule has 0 heteroatoms. The molecule has 1 saturated carbocycles. The summed E-state index contributed by atoms with van der Waals surface area (Å²) >= 11 is 0. The normalized spacial score (nSPS) is 20.1. The summed E-state index contributed by atoms with van der Waals surface area (Å²) < 4.78 is 0. The van der Waals surface area contributed by atoms with E-state index in [9.17, 15) is 0 Å². The maximum atomic E-state index is 2.49. The smallest absolute Gasteiger partial charge is 0.0149 e. The Hall–Kier alpha value is -2.34. The lowest BCUT2D eigenvalue weighted by molar-refractivity contribution is 0.193. The van der Waals surface area contributed by atoms with Crippen LogP contribution in [0.5, 0.6) is 0 Å². The molecule has 0 aromatic heterocycles. The van der Waals surface area contributed by atoms with E-state index in [1.165, 1.54) is 67.2 Å². The van der Waals surface area contributed by atoms with Gasteiger partial charge in [0, 0.05) is 0 Å². The molecule has 156 valence electrons. The highest BCUT2D eigenvalue weighted by Crippen LogP contribution is 2.44. The van der Waals surface area contributed by atoms with Crippen LogP contribution in [0, 0.1) is 11.8 Å². The minimum absolute atomic E-state index is 0.622. The van der Waals surface area contributed by atoms with Gasteiger partial charge in [-0.15, -0.1) is 0 Å². The molecule has 3 atom stereocenters. The highest BCUT2D eigenvalue weighted by Gasteiger charge is 2.30. The SMILES string of the molecule is CCCCC1CCCCC1C(C)c1ccccc1-c1ccc(-c2ccccc2)cc1. The minimum atomic E-state index is 0.622. The van der Waals surface area contributed by atoms with E-state index in [0.29, 0.717) is 5.92 Å². The van der Waals surface area contributed by atoms with Crippen molar-refractivity contribution in [1.82, 2.24) is 0 Å². The van der Waals surface area contributed by atoms with Gasteiger partial charge in [-0.25, -0.2) is 0 Å². The molecule has 1 aliphatic carbocycles. The van der Waals surface area contributed by atoms with Gasteiger partial charge in [0.15, 0.2) is 0 Å². The van der Waals surface area contributed by atoms with Crippen molar-refractivity contribution in [3.05, 3.63) is 84.4 Å². The van der Waals surface area contributed by atoms with Crippen molar-refractivity contribution >= 4 is 0 Å². The molecule has 30 heavy (non-hydrogen) atoms. The average molecular weight is 397 g/mol. The van der Waals surface area contributed by atoms with Crippen molar-refractivity contribution in [2.75, 3.05) is 0 Å². The summed E-state index contributed by atoms with van der Waals surface area (Å²) in [5, 5.41) is 0. The van der Waals surface area contributed by atoms with Crippen molar-refractivity contribution in [2.24, 2.45) is 11.8 Å². The minimum Gasteiger partial charge on any atom is -0.0654 e. The van der Waals surface area contributed by atoms with Crippen LogP contribution in [0.2, 0.25) is 0 Å². The molecule has 0 radical (unpaired) electrons. The number of hydrogen-bond donors (Lipinski definition) is 0. The summed E-state index contributed by atoms with van der Waals surface area (Å²) in [6, 6.07) is 29.0. The van der Waals surface area contributed by atoms with E-state index in [1.54, 1.807) is 5.56 Å². The zero-order chi connectivity index (χ0) is 20.8. The van der Waals surface area contributed by atoms with Gasteiger partial charge in [0.2, 0.25) is 0 Å². The molecule has 0 N–H and O–H groups in total. The lowest BCUT2D eigenvalue weighted by atomic mass is 9.68. The molecule has 1 aliphatic rings. The van der Waals surface area contributed by atoms with Crippen molar-refractivity contribution in [2.45, 2.75) is 64.7 Å². The largest absolute Gasteiger partial charge is 0.0654 e. The van der Waals surface area contributed by atoms with E-state index in [4.69, 9.17) is 0 Å². The molecule has 1 fully saturated rings. The second-order valence-corrected chi connectivity index (χ2v) is 9.17. The second-order valence-electron chi connectivity index (χ2n) is 9.17. The predicted octanol–water partition coefficient (Wildman–Crippen LogP) is 9.12. The van der Waals surface area contributed by atoms with Gasteiger partial charge < -0.3 is 0 Å². The van der Waals surface area contributed by atoms with Gasteiger partial charge in [-0.3, -0.25) is 0 Å². The molecule has 0 nitrogen and oxygen atoms in total. The first kappa shape index (κ1) is 20.9. The van der Waals surface area contributed by atoms with E-state index in [-0.39, 0.29) is 0 Å². The maximum Gasteiger partial charge on any atom is -0.0149 e. The monoisotopic (exact) mass is 396 g/mol. The molecule has 0 saturated heterocycles. The third-order valence-corrected chi connectivity index (χ3v) is 7.29. The zero-order valence-electron chi connectivity index (χ0n) is 18.7. The highest BCUT2D eigenvalue weighted by atomic mass is 14.4. The van der Waals surface area contributed by atoms with Crippen molar-refractivity contribution in [3.8, 4) is 22.3 Å². The van der Waals surface area contributed by atoms with Crippen LogP contribution in [0.15, 0.2) is 78.9 Å². The fourth-order valence-electron chi connectivity index (χ4n) is 5.58. The van der Waals surface area contributed by atoms with Crippen LogP contribution in [-0.2, 0) is 0 Å². The number of benzene rings is 3. The molecular formula is C30H36. The van der Waals surface area contributed by atoms with Crippen LogP contribution in [-0.4, -0.2) is 0 Å². The number of unbranched alkanes of at least 4 members (excludes halogenated alkanes) is 1. The third-order valence-electron chi connectivity index (χ3n) is 7.29. The summed E-state index contributed by atoms with van der Waals surface area (Å²) in [6.45, 7) is 4.82. The Labute approximate surface area is 183 Å². The van der Waals surface area contributed by atoms with Gasteiger partial charge in [0.1, 0.15) is 0 Å². The molecule has 3 aromatic carbocycles. The van der Waals surface area contributed by atoms with Gasteiger partial charge >= 0.3 is 0 Å². The summed E-state index contributed by atoms with van der Waals surface area (Å²) in [5.41, 5.74) is 6.88. The lowest BCUT2D eigenvalue weighted by Gasteiger charge is -2.37. The number of hydrogen-bond acceptors (Lipinski definition) is 0. The van der Waals surface area contributed by atoms with Crippen LogP contribution in [0.4, 0.5) is 0 Å². The van der Waals surface area contributed by atoms with E-state index in [1.807, 2.05) is 0 Å². The van der Waals surface area contributed by atoms with Crippen LogP contribution in [0.1, 0.15) is 70.3 Å². The molecule has 0 amide bonds. The zero-order valence-corrected chi connectivity index (χ0v) is 18.7. The van der Waals surface area contributed by atoms with Crippen LogP contribution in [0.25, 0.3) is 22.3 Å². The Morgan fingerprint density at radius 1 is 0.733 bits per heavy atom. The van der Waals surface area contributed by atoms with Crippen LogP contribution in [0.3, 0.4) is 0 Å². The predicted molar refractivity (Wildman–Crippen MR) is 131 cm³/mol. The molecular weight excluding hydrogens is 360 g/mol. The molecule has 0 heterocycles. The first-order valence-electron chi connectivity index (χ1n) is 12.0. The van der Waals surface area contributed by atoms with Crippen LogP contribution >= 0.6 is 0 Å². The van der Waals surface area contributed by atoms with Crippen molar-refractivity contribution in [1.29, 1.82) is 0 Å². The van der Waals surface area contributed by atoms with Crippen molar-refractivity contribution in [3.63, 3.8) is 0 Å². The Morgan fingerprint density at radius 2 is 1.37 bits per heavy atom. The molecule has 0 spiro atoms. The van der Waals surface area contributed by atoms with Gasteiger partial charge in [-0.05, 0) is 52.0 Å². The summed E-state index contributed by atoms with van der Waals surface area (Å²) in [7, 11) is 0. The van der Waals surface area contributed by atoms with Gasteiger partial charge in [0.25, 0.3) is 0 Å². The van der Waals surface area contributed by atoms with E-state index >= 15 is 0 Å². The van der Waals surface area contributed by atoms with Gasteiger partial charge in [-0.2, -0.15) is 0 Å². The summed E-state index contributed by atoms with van der Waals surface area (Å²) in [6.07, 6.45) is 9.80. The Kier molecular flexibility index (Phi) is 7.05. The van der Waals surface area contributed by atoms with Gasteiger partial charge in [-0.1, -0.05) is 131 Å². The fourth-order valence-corrected chi connectivity index (χ4v) is 5.58. The Morgan fingerprint density at radius 3 is 2.13 bits per heavy atom. The topological polar surface area (TPSA) is 0 Å². The lowest BCUT2D eigenvalue weighted by Crippen LogP contribution is -2.24. The summed E-state index contributed by atoms with van der Waals surface area (Å²) in [5.74, 6) is 2.36. The molecule has 3 aromatic rings. The highest BCUT2D eigenvalue weighted by molar-refractivity contribution is 5.72. The quantitative estimate of drug-likeness (QED) is 0.373. The Bertz CT molecular complexity index is 906. The van der Waals surface area contributed by atoms with Crippen molar-refractivity contribution < 1.29 is 0 Å². The standard InChI is InChI=1S/C30H36/c1-3-4-12-26-15-8-9-16-28(26)23(2)29-17-10-11-18-30(29)27-21-19-25(20-22-27)24-13-6-5-7-14-24/h5-7,10-11,13-14,17-23,26,28H,3-4,8-9,12,15-16H2,1-2H3. The van der Waals surface area contributed by atoms with E-state index in [0.717, 1.165) is 11.8 Å². The first-order chi connectivity index (χ1) is 14.8. The van der Waals surface area contributed by atoms with E-state index < -0.39 is 0 Å². The van der Waals surface area contributed by atoms with Gasteiger partial charge in [0.05, 0.1) is 0 Å². The average Bonchev–Trinajstić information content (AvgIpc) is 2.83. The third kappa shape index (κ3) is 4.69. The number of rotatable bonds is 7. The summed E-state index contributed by atoms with van der Waals surface area (Å²) in [4.78, 5) is 0. The first-order valence-corrected chi connectivity index (χ1v) is 12.0. The fraction of sp³-hybridized carbons (Fsp3) is 0.400. The van der Waals surface area contributed by atoms with E-state index in [2.05, 4.69) is 92.7 Å². The molecule has 4 rings (SSSR count). The molecule has 0 bridgehead atoms. The van der Waals surface area contributed by atoms with Crippen LogP contribution < -0.4 is 0 Å². The Balaban J connectivity index is 1.60. The molecule has 0 aliphatic heterocycles. The maximum absolute atomic E-state index is 2.49. The second kappa shape index (κ2) is 10.1. The molecule has 3 unspecified atom stereocenters.